The van der Waals surface area contributed by atoms with Gasteiger partial charge in [0.25, 0.3) is 0 Å². The normalized spacial score (nSPS) is 12.2. The zero-order valence-corrected chi connectivity index (χ0v) is 13.6. The van der Waals surface area contributed by atoms with Crippen molar-refractivity contribution in [1.29, 1.82) is 0 Å². The van der Waals surface area contributed by atoms with Crippen LogP contribution in [0.15, 0.2) is 5.38 Å². The van der Waals surface area contributed by atoms with Crippen LogP contribution in [0.2, 0.25) is 0 Å². The van der Waals surface area contributed by atoms with Crippen molar-refractivity contribution in [3.05, 3.63) is 16.1 Å². The number of urea groups is 1. The van der Waals surface area contributed by atoms with Crippen LogP contribution in [0, 0.1) is 0 Å². The van der Waals surface area contributed by atoms with Crippen LogP contribution in [-0.4, -0.2) is 66.1 Å². The van der Waals surface area contributed by atoms with Crippen molar-refractivity contribution in [3.63, 3.8) is 0 Å². The molecule has 2 amide bonds. The van der Waals surface area contributed by atoms with E-state index in [1.807, 2.05) is 14.1 Å². The van der Waals surface area contributed by atoms with E-state index >= 15 is 0 Å². The van der Waals surface area contributed by atoms with Gasteiger partial charge in [0.2, 0.25) is 0 Å². The lowest BCUT2D eigenvalue weighted by Gasteiger charge is -2.21. The summed E-state index contributed by atoms with van der Waals surface area (Å²) in [6.07, 6.45) is 0.895. The van der Waals surface area contributed by atoms with Gasteiger partial charge in [-0.3, -0.25) is 0 Å². The molecule has 0 aliphatic carbocycles. The lowest BCUT2D eigenvalue weighted by atomic mass is 10.3. The summed E-state index contributed by atoms with van der Waals surface area (Å²) in [6, 6.07) is -0.500. The first kappa shape index (κ1) is 17.4. The van der Waals surface area contributed by atoms with Crippen LogP contribution in [0.3, 0.4) is 0 Å². The van der Waals surface area contributed by atoms with Gasteiger partial charge in [-0.2, -0.15) is 0 Å². The van der Waals surface area contributed by atoms with Gasteiger partial charge in [-0.15, -0.1) is 11.3 Å². The molecule has 1 unspecified atom stereocenters. The third-order valence-electron chi connectivity index (χ3n) is 2.90. The summed E-state index contributed by atoms with van der Waals surface area (Å²) >= 11 is 1.23. The Hall–Kier alpha value is -1.67. The third kappa shape index (κ3) is 5.68. The second-order valence-electron chi connectivity index (χ2n) is 5.13. The molecule has 2 N–H and O–H groups in total. The van der Waals surface area contributed by atoms with Crippen molar-refractivity contribution in [3.8, 4) is 0 Å². The number of aromatic nitrogens is 1. The number of carbonyl (C=O) groups excluding carboxylic acids is 1. The van der Waals surface area contributed by atoms with E-state index < -0.39 is 5.97 Å². The standard InChI is InChI=1S/C13H22N4O3S/c1-9(11-15-10(8-21-11)12(18)19)14-13(20)17(4)7-5-6-16(2)3/h8-9H,5-7H2,1-4H3,(H,14,20)(H,18,19). The lowest BCUT2D eigenvalue weighted by Crippen LogP contribution is -2.39. The highest BCUT2D eigenvalue weighted by molar-refractivity contribution is 7.09. The first-order valence-corrected chi connectivity index (χ1v) is 7.54. The molecule has 1 aromatic heterocycles. The second-order valence-corrected chi connectivity index (χ2v) is 6.02. The quantitative estimate of drug-likeness (QED) is 0.796. The van der Waals surface area contributed by atoms with Crippen LogP contribution in [-0.2, 0) is 0 Å². The molecule has 8 heteroatoms. The molecule has 1 rings (SSSR count). The number of carbonyl (C=O) groups is 2. The number of hydrogen-bond donors (Lipinski definition) is 2. The van der Waals surface area contributed by atoms with E-state index in [2.05, 4.69) is 15.2 Å². The fourth-order valence-electron chi connectivity index (χ4n) is 1.67. The van der Waals surface area contributed by atoms with Crippen molar-refractivity contribution in [2.45, 2.75) is 19.4 Å². The predicted molar refractivity (Wildman–Crippen MR) is 81.8 cm³/mol. The maximum absolute atomic E-state index is 12.0. The van der Waals surface area contributed by atoms with Crippen LogP contribution in [0.4, 0.5) is 4.79 Å². The molecule has 21 heavy (non-hydrogen) atoms. The summed E-state index contributed by atoms with van der Waals surface area (Å²) in [5.41, 5.74) is 0.00966. The van der Waals surface area contributed by atoms with Gasteiger partial charge < -0.3 is 20.2 Å². The minimum Gasteiger partial charge on any atom is -0.476 e. The van der Waals surface area contributed by atoms with E-state index in [0.717, 1.165) is 13.0 Å². The number of rotatable bonds is 7. The Bertz CT molecular complexity index is 490. The fourth-order valence-corrected chi connectivity index (χ4v) is 2.47. The van der Waals surface area contributed by atoms with Crippen LogP contribution in [0.1, 0.15) is 34.9 Å². The Kier molecular flexibility index (Phi) is 6.57. The van der Waals surface area contributed by atoms with E-state index in [4.69, 9.17) is 5.11 Å². The highest BCUT2D eigenvalue weighted by atomic mass is 32.1. The van der Waals surface area contributed by atoms with E-state index in [1.54, 1.807) is 18.9 Å². The van der Waals surface area contributed by atoms with Crippen LogP contribution in [0.25, 0.3) is 0 Å². The Balaban J connectivity index is 2.47. The number of nitrogens with one attached hydrogen (secondary N) is 1. The molecule has 1 heterocycles. The van der Waals surface area contributed by atoms with Crippen molar-refractivity contribution in [1.82, 2.24) is 20.1 Å². The molecule has 0 saturated carbocycles. The Morgan fingerprint density at radius 1 is 1.38 bits per heavy atom. The summed E-state index contributed by atoms with van der Waals surface area (Å²) in [5.74, 6) is -1.06. The van der Waals surface area contributed by atoms with E-state index in [1.165, 1.54) is 16.7 Å². The van der Waals surface area contributed by atoms with Gasteiger partial charge in [-0.05, 0) is 34.0 Å². The van der Waals surface area contributed by atoms with Gasteiger partial charge in [0.15, 0.2) is 5.69 Å². The minimum atomic E-state index is -1.06. The molecule has 0 aromatic carbocycles. The molecule has 0 saturated heterocycles. The third-order valence-corrected chi connectivity index (χ3v) is 3.92. The zero-order chi connectivity index (χ0) is 16.0. The molecule has 7 nitrogen and oxygen atoms in total. The maximum atomic E-state index is 12.0. The van der Waals surface area contributed by atoms with Crippen molar-refractivity contribution in [2.75, 3.05) is 34.2 Å². The molecule has 1 atom stereocenters. The van der Waals surface area contributed by atoms with E-state index in [-0.39, 0.29) is 17.8 Å². The highest BCUT2D eigenvalue weighted by Crippen LogP contribution is 2.18. The molecular formula is C13H22N4O3S. The maximum Gasteiger partial charge on any atom is 0.355 e. The number of nitrogens with zero attached hydrogens (tertiary/aromatic N) is 3. The lowest BCUT2D eigenvalue weighted by molar-refractivity contribution is 0.0691. The predicted octanol–water partition coefficient (Wildman–Crippen LogP) is 1.50. The van der Waals surface area contributed by atoms with Gasteiger partial charge in [-0.25, -0.2) is 14.6 Å². The molecular weight excluding hydrogens is 292 g/mol. The summed E-state index contributed by atoms with van der Waals surface area (Å²) < 4.78 is 0. The number of thiazole rings is 1. The Morgan fingerprint density at radius 2 is 2.05 bits per heavy atom. The second kappa shape index (κ2) is 7.94. The average Bonchev–Trinajstić information content (AvgIpc) is 2.87. The summed E-state index contributed by atoms with van der Waals surface area (Å²) in [7, 11) is 5.72. The SMILES string of the molecule is CC(NC(=O)N(C)CCCN(C)C)c1nc(C(=O)O)cs1. The van der Waals surface area contributed by atoms with Gasteiger partial charge in [-0.1, -0.05) is 0 Å². The van der Waals surface area contributed by atoms with Crippen molar-refractivity contribution >= 4 is 23.3 Å². The van der Waals surface area contributed by atoms with E-state index in [0.29, 0.717) is 11.6 Å². The number of amides is 2. The van der Waals surface area contributed by atoms with Crippen LogP contribution < -0.4 is 5.32 Å². The largest absolute Gasteiger partial charge is 0.476 e. The summed E-state index contributed by atoms with van der Waals surface area (Å²) in [5, 5.41) is 13.7. The highest BCUT2D eigenvalue weighted by Gasteiger charge is 2.17. The topological polar surface area (TPSA) is 85.8 Å². The number of carboxylic acids is 1. The molecule has 0 aliphatic heterocycles. The average molecular weight is 314 g/mol. The smallest absolute Gasteiger partial charge is 0.355 e. The summed E-state index contributed by atoms with van der Waals surface area (Å²) in [6.45, 7) is 3.37. The van der Waals surface area contributed by atoms with Gasteiger partial charge in [0.1, 0.15) is 5.01 Å². The van der Waals surface area contributed by atoms with Gasteiger partial charge in [0, 0.05) is 19.0 Å². The van der Waals surface area contributed by atoms with Crippen LogP contribution >= 0.6 is 11.3 Å². The van der Waals surface area contributed by atoms with Gasteiger partial charge in [0.05, 0.1) is 6.04 Å². The zero-order valence-electron chi connectivity index (χ0n) is 12.8. The van der Waals surface area contributed by atoms with Crippen molar-refractivity contribution < 1.29 is 14.7 Å². The molecule has 0 bridgehead atoms. The number of hydrogen-bond acceptors (Lipinski definition) is 5. The van der Waals surface area contributed by atoms with Crippen LogP contribution in [0.5, 0.6) is 0 Å². The van der Waals surface area contributed by atoms with E-state index in [9.17, 15) is 9.59 Å². The molecule has 1 aromatic rings. The number of aromatic carboxylic acids is 1. The first-order valence-electron chi connectivity index (χ1n) is 6.66. The minimum absolute atomic E-state index is 0.00966. The molecule has 0 aliphatic rings. The van der Waals surface area contributed by atoms with Gasteiger partial charge >= 0.3 is 12.0 Å². The molecule has 0 spiro atoms. The molecule has 118 valence electrons. The Morgan fingerprint density at radius 3 is 2.57 bits per heavy atom. The molecule has 0 radical (unpaired) electrons. The fraction of sp³-hybridized carbons (Fsp3) is 0.615. The Labute approximate surface area is 128 Å². The monoisotopic (exact) mass is 314 g/mol. The summed E-state index contributed by atoms with van der Waals surface area (Å²) in [4.78, 5) is 30.5. The van der Waals surface area contributed by atoms with Crippen molar-refractivity contribution in [2.24, 2.45) is 0 Å². The molecule has 0 fully saturated rings. The number of carboxylic acid groups (broad SMARTS) is 1. The first-order chi connectivity index (χ1) is 9.81.